The van der Waals surface area contributed by atoms with Gasteiger partial charge in [-0.3, -0.25) is 10.2 Å². The minimum absolute atomic E-state index is 0.0256. The number of benzene rings is 1. The first-order chi connectivity index (χ1) is 12.2. The van der Waals surface area contributed by atoms with Crippen LogP contribution in [0.3, 0.4) is 0 Å². The molecule has 5 rings (SSSR count). The van der Waals surface area contributed by atoms with Gasteiger partial charge in [-0.15, -0.1) is 4.83 Å². The Hall–Kier alpha value is -1.18. The van der Waals surface area contributed by atoms with Crippen LogP contribution in [0.4, 0.5) is 4.39 Å². The quantitative estimate of drug-likeness (QED) is 0.744. The van der Waals surface area contributed by atoms with Gasteiger partial charge >= 0.3 is 0 Å². The van der Waals surface area contributed by atoms with E-state index in [4.69, 9.17) is 11.6 Å². The van der Waals surface area contributed by atoms with Gasteiger partial charge < -0.3 is 0 Å². The highest BCUT2D eigenvalue weighted by atomic mass is 35.5. The van der Waals surface area contributed by atoms with Crippen molar-refractivity contribution in [3.05, 3.63) is 29.0 Å². The van der Waals surface area contributed by atoms with Crippen molar-refractivity contribution in [2.45, 2.75) is 49.8 Å². The first-order valence-corrected chi connectivity index (χ1v) is 10.9. The van der Waals surface area contributed by atoms with Crippen LogP contribution in [0, 0.1) is 29.0 Å². The topological polar surface area (TPSA) is 75.3 Å². The predicted molar refractivity (Wildman–Crippen MR) is 95.1 cm³/mol. The number of hydrazine groups is 1. The third-order valence-corrected chi connectivity index (χ3v) is 7.94. The standard InChI is InChI=1S/C18H22ClFN2O3S/c19-15-6-14(20)1-2-16(15)26(24,25)22-21-17(23)10-18-7-11-3-12(8-18)5-13(4-11)9-18/h1-2,6,11-13,22H,3-5,7-10H2,(H,21,23). The molecule has 1 aromatic rings. The summed E-state index contributed by atoms with van der Waals surface area (Å²) in [5.41, 5.74) is 2.33. The lowest BCUT2D eigenvalue weighted by atomic mass is 9.49. The number of carbonyl (C=O) groups is 1. The van der Waals surface area contributed by atoms with E-state index in [0.717, 1.165) is 55.2 Å². The number of halogens is 2. The summed E-state index contributed by atoms with van der Waals surface area (Å²) >= 11 is 5.80. The second-order valence-electron chi connectivity index (χ2n) is 8.32. The Morgan fingerprint density at radius 2 is 1.73 bits per heavy atom. The highest BCUT2D eigenvalue weighted by molar-refractivity contribution is 7.89. The summed E-state index contributed by atoms with van der Waals surface area (Å²) < 4.78 is 37.7. The molecule has 0 atom stereocenters. The van der Waals surface area contributed by atoms with Gasteiger partial charge in [0.05, 0.1) is 5.02 Å². The Balaban J connectivity index is 1.40. The van der Waals surface area contributed by atoms with Crippen LogP contribution in [0.1, 0.15) is 44.9 Å². The fraction of sp³-hybridized carbons (Fsp3) is 0.611. The monoisotopic (exact) mass is 400 g/mol. The number of sulfonamides is 1. The van der Waals surface area contributed by atoms with Crippen molar-refractivity contribution in [3.8, 4) is 0 Å². The maximum absolute atomic E-state index is 13.1. The van der Waals surface area contributed by atoms with Gasteiger partial charge in [-0.25, -0.2) is 12.8 Å². The molecule has 5 nitrogen and oxygen atoms in total. The van der Waals surface area contributed by atoms with Crippen LogP contribution in [0.2, 0.25) is 5.02 Å². The van der Waals surface area contributed by atoms with Crippen LogP contribution in [0.5, 0.6) is 0 Å². The first-order valence-electron chi connectivity index (χ1n) is 9.00. The lowest BCUT2D eigenvalue weighted by molar-refractivity contribution is -0.129. The van der Waals surface area contributed by atoms with E-state index in [2.05, 4.69) is 10.3 Å². The minimum atomic E-state index is -4.05. The molecule has 0 aromatic heterocycles. The van der Waals surface area contributed by atoms with Crippen LogP contribution < -0.4 is 10.3 Å². The second-order valence-corrected chi connectivity index (χ2v) is 10.4. The van der Waals surface area contributed by atoms with E-state index in [1.165, 1.54) is 19.3 Å². The van der Waals surface area contributed by atoms with E-state index in [-0.39, 0.29) is 21.2 Å². The van der Waals surface area contributed by atoms with Crippen molar-refractivity contribution in [1.82, 2.24) is 10.3 Å². The molecule has 4 saturated carbocycles. The molecular weight excluding hydrogens is 379 g/mol. The Bertz CT molecular complexity index is 808. The largest absolute Gasteiger partial charge is 0.278 e. The number of rotatable bonds is 5. The van der Waals surface area contributed by atoms with Crippen LogP contribution in [-0.4, -0.2) is 14.3 Å². The molecular formula is C18H22ClFN2O3S. The molecule has 0 radical (unpaired) electrons. The van der Waals surface area contributed by atoms with Gasteiger partial charge in [0.25, 0.3) is 10.0 Å². The van der Waals surface area contributed by atoms with E-state index in [1.807, 2.05) is 0 Å². The van der Waals surface area contributed by atoms with E-state index >= 15 is 0 Å². The summed E-state index contributed by atoms with van der Waals surface area (Å²) in [6.45, 7) is 0. The normalized spacial score (nSPS) is 32.6. The minimum Gasteiger partial charge on any atom is -0.278 e. The van der Waals surface area contributed by atoms with Gasteiger partial charge in [0.1, 0.15) is 10.7 Å². The third kappa shape index (κ3) is 3.49. The highest BCUT2D eigenvalue weighted by Gasteiger charge is 2.51. The molecule has 1 amide bonds. The van der Waals surface area contributed by atoms with Crippen LogP contribution in [0.25, 0.3) is 0 Å². The van der Waals surface area contributed by atoms with Crippen molar-refractivity contribution in [2.24, 2.45) is 23.2 Å². The highest BCUT2D eigenvalue weighted by Crippen LogP contribution is 2.61. The molecule has 0 saturated heterocycles. The molecule has 26 heavy (non-hydrogen) atoms. The average Bonchev–Trinajstić information content (AvgIpc) is 2.51. The number of hydrogen-bond acceptors (Lipinski definition) is 3. The fourth-order valence-electron chi connectivity index (χ4n) is 5.76. The van der Waals surface area contributed by atoms with Crippen molar-refractivity contribution in [2.75, 3.05) is 0 Å². The summed E-state index contributed by atoms with van der Waals surface area (Å²) in [5.74, 6) is 1.23. The lowest BCUT2D eigenvalue weighted by Gasteiger charge is -2.56. The number of nitrogens with one attached hydrogen (secondary N) is 2. The van der Waals surface area contributed by atoms with Crippen molar-refractivity contribution < 1.29 is 17.6 Å². The molecule has 8 heteroatoms. The van der Waals surface area contributed by atoms with E-state index in [1.54, 1.807) is 0 Å². The SMILES string of the molecule is O=C(CC12CC3CC(CC(C3)C1)C2)NNS(=O)(=O)c1ccc(F)cc1Cl. The lowest BCUT2D eigenvalue weighted by Crippen LogP contribution is -2.50. The summed E-state index contributed by atoms with van der Waals surface area (Å²) in [4.78, 5) is 14.2. The summed E-state index contributed by atoms with van der Waals surface area (Å²) in [7, 11) is -4.05. The predicted octanol–water partition coefficient (Wildman–Crippen LogP) is 3.40. The molecule has 4 bridgehead atoms. The summed E-state index contributed by atoms with van der Waals surface area (Å²) in [5, 5.41) is -0.229. The Kier molecular flexibility index (Phi) is 4.52. The first kappa shape index (κ1) is 18.2. The smallest absolute Gasteiger partial charge is 0.258 e. The van der Waals surface area contributed by atoms with Gasteiger partial charge in [-0.05, 0) is 79.9 Å². The molecule has 4 aliphatic carbocycles. The second kappa shape index (κ2) is 6.46. The Morgan fingerprint density at radius 1 is 1.15 bits per heavy atom. The summed E-state index contributed by atoms with van der Waals surface area (Å²) in [6, 6.07) is 3.01. The fourth-order valence-corrected chi connectivity index (χ4v) is 7.16. The van der Waals surface area contributed by atoms with E-state index in [0.29, 0.717) is 6.42 Å². The van der Waals surface area contributed by atoms with Crippen LogP contribution in [0.15, 0.2) is 23.1 Å². The molecule has 2 N–H and O–H groups in total. The number of hydrogen-bond donors (Lipinski definition) is 2. The van der Waals surface area contributed by atoms with E-state index < -0.39 is 15.8 Å². The van der Waals surface area contributed by atoms with Crippen molar-refractivity contribution in [3.63, 3.8) is 0 Å². The molecule has 0 aliphatic heterocycles. The zero-order chi connectivity index (χ0) is 18.5. The summed E-state index contributed by atoms with van der Waals surface area (Å²) in [6.07, 6.45) is 7.43. The number of carbonyl (C=O) groups excluding carboxylic acids is 1. The molecule has 0 unspecified atom stereocenters. The van der Waals surface area contributed by atoms with Gasteiger partial charge in [-0.1, -0.05) is 11.6 Å². The van der Waals surface area contributed by atoms with Gasteiger partial charge in [-0.2, -0.15) is 0 Å². The van der Waals surface area contributed by atoms with Gasteiger partial charge in [0.15, 0.2) is 0 Å². The Labute approximate surface area is 157 Å². The van der Waals surface area contributed by atoms with Crippen molar-refractivity contribution >= 4 is 27.5 Å². The molecule has 142 valence electrons. The van der Waals surface area contributed by atoms with Crippen molar-refractivity contribution in [1.29, 1.82) is 0 Å². The van der Waals surface area contributed by atoms with Gasteiger partial charge in [0, 0.05) is 6.42 Å². The maximum atomic E-state index is 13.1. The maximum Gasteiger partial charge on any atom is 0.258 e. The molecule has 0 heterocycles. The molecule has 4 aliphatic rings. The number of amides is 1. The van der Waals surface area contributed by atoms with Crippen LogP contribution >= 0.6 is 11.6 Å². The molecule has 4 fully saturated rings. The average molecular weight is 401 g/mol. The van der Waals surface area contributed by atoms with Crippen LogP contribution in [-0.2, 0) is 14.8 Å². The van der Waals surface area contributed by atoms with Gasteiger partial charge in [0.2, 0.25) is 5.91 Å². The zero-order valence-corrected chi connectivity index (χ0v) is 15.9. The zero-order valence-electron chi connectivity index (χ0n) is 14.3. The molecule has 0 spiro atoms. The molecule has 1 aromatic carbocycles. The van der Waals surface area contributed by atoms with E-state index in [9.17, 15) is 17.6 Å². The third-order valence-electron chi connectivity index (χ3n) is 6.21. The Morgan fingerprint density at radius 3 is 2.27 bits per heavy atom.